The van der Waals surface area contributed by atoms with Crippen molar-refractivity contribution in [3.63, 3.8) is 0 Å². The van der Waals surface area contributed by atoms with Gasteiger partial charge in [-0.15, -0.1) is 0 Å². The number of carbonyl (C=O) groups excluding carboxylic acids is 1. The van der Waals surface area contributed by atoms with Crippen LogP contribution in [-0.2, 0) is 11.2 Å². The number of carbonyl (C=O) groups is 1. The monoisotopic (exact) mass is 246 g/mol. The van der Waals surface area contributed by atoms with Crippen molar-refractivity contribution in [2.45, 2.75) is 25.4 Å². The lowest BCUT2D eigenvalue weighted by Crippen LogP contribution is -2.38. The molecule has 1 amide bonds. The maximum absolute atomic E-state index is 12.2. The minimum atomic E-state index is -0.198. The van der Waals surface area contributed by atoms with Gasteiger partial charge in [-0.1, -0.05) is 18.2 Å². The number of amides is 1. The van der Waals surface area contributed by atoms with Crippen molar-refractivity contribution < 1.29 is 9.53 Å². The lowest BCUT2D eigenvalue weighted by atomic mass is 10.0. The van der Waals surface area contributed by atoms with E-state index < -0.39 is 0 Å². The lowest BCUT2D eigenvalue weighted by molar-refractivity contribution is 0.113. The highest BCUT2D eigenvalue weighted by atomic mass is 16.6. The Morgan fingerprint density at radius 3 is 3.11 bits per heavy atom. The Morgan fingerprint density at radius 2 is 2.28 bits per heavy atom. The summed E-state index contributed by atoms with van der Waals surface area (Å²) in [6.07, 6.45) is 2.81. The molecule has 0 saturated carbocycles. The summed E-state index contributed by atoms with van der Waals surface area (Å²) in [6, 6.07) is 8.09. The Morgan fingerprint density at radius 1 is 1.39 bits per heavy atom. The molecule has 0 spiro atoms. The number of anilines is 1. The second-order valence-corrected chi connectivity index (χ2v) is 4.88. The summed E-state index contributed by atoms with van der Waals surface area (Å²) in [4.78, 5) is 14.0. The summed E-state index contributed by atoms with van der Waals surface area (Å²) in [7, 11) is 0. The minimum absolute atomic E-state index is 0.0339. The average molecular weight is 246 g/mol. The van der Waals surface area contributed by atoms with E-state index in [9.17, 15) is 4.79 Å². The zero-order valence-electron chi connectivity index (χ0n) is 10.4. The zero-order chi connectivity index (χ0) is 12.4. The van der Waals surface area contributed by atoms with E-state index in [4.69, 9.17) is 4.74 Å². The van der Waals surface area contributed by atoms with Gasteiger partial charge in [0.05, 0.1) is 5.69 Å². The third-order valence-corrected chi connectivity index (χ3v) is 3.61. The summed E-state index contributed by atoms with van der Waals surface area (Å²) >= 11 is 0. The number of ether oxygens (including phenoxy) is 1. The molecule has 0 aromatic heterocycles. The van der Waals surface area contributed by atoms with Gasteiger partial charge < -0.3 is 10.1 Å². The summed E-state index contributed by atoms with van der Waals surface area (Å²) < 4.78 is 5.53. The highest BCUT2D eigenvalue weighted by Gasteiger charge is 2.26. The number of nitrogens with zero attached hydrogens (tertiary/aromatic N) is 1. The van der Waals surface area contributed by atoms with Crippen LogP contribution in [0.1, 0.15) is 18.4 Å². The second-order valence-electron chi connectivity index (χ2n) is 4.88. The van der Waals surface area contributed by atoms with E-state index in [1.54, 1.807) is 4.90 Å². The maximum Gasteiger partial charge on any atom is 0.414 e. The van der Waals surface area contributed by atoms with Gasteiger partial charge in [0.25, 0.3) is 0 Å². The average Bonchev–Trinajstić information content (AvgIpc) is 2.91. The van der Waals surface area contributed by atoms with Crippen molar-refractivity contribution >= 4 is 11.8 Å². The fourth-order valence-electron chi connectivity index (χ4n) is 2.66. The van der Waals surface area contributed by atoms with Gasteiger partial charge in [0.1, 0.15) is 6.10 Å². The first-order valence-electron chi connectivity index (χ1n) is 6.61. The molecule has 1 unspecified atom stereocenters. The van der Waals surface area contributed by atoms with Crippen LogP contribution in [0.5, 0.6) is 0 Å². The molecule has 0 bridgehead atoms. The van der Waals surface area contributed by atoms with Crippen molar-refractivity contribution in [3.05, 3.63) is 29.8 Å². The molecule has 0 radical (unpaired) electrons. The molecule has 1 atom stereocenters. The van der Waals surface area contributed by atoms with Crippen molar-refractivity contribution in [1.82, 2.24) is 5.32 Å². The molecule has 96 valence electrons. The second kappa shape index (κ2) is 4.98. The Labute approximate surface area is 107 Å². The molecule has 1 N–H and O–H groups in total. The van der Waals surface area contributed by atoms with Gasteiger partial charge in [-0.05, 0) is 37.4 Å². The van der Waals surface area contributed by atoms with Gasteiger partial charge in [-0.3, -0.25) is 4.90 Å². The molecule has 2 aliphatic rings. The number of hydrogen-bond donors (Lipinski definition) is 1. The van der Waals surface area contributed by atoms with E-state index in [-0.39, 0.29) is 12.2 Å². The van der Waals surface area contributed by atoms with Gasteiger partial charge in [-0.25, -0.2) is 4.79 Å². The van der Waals surface area contributed by atoms with Crippen LogP contribution < -0.4 is 10.2 Å². The van der Waals surface area contributed by atoms with E-state index in [0.29, 0.717) is 0 Å². The topological polar surface area (TPSA) is 41.6 Å². The smallest absolute Gasteiger partial charge is 0.414 e. The summed E-state index contributed by atoms with van der Waals surface area (Å²) in [6.45, 7) is 2.48. The Balaban J connectivity index is 1.74. The number of fused-ring (bicyclic) bond motifs is 1. The largest absolute Gasteiger partial charge is 0.444 e. The molecule has 4 nitrogen and oxygen atoms in total. The molecule has 1 aromatic carbocycles. The normalized spacial score (nSPS) is 22.7. The zero-order valence-corrected chi connectivity index (χ0v) is 10.4. The first-order chi connectivity index (χ1) is 8.84. The summed E-state index contributed by atoms with van der Waals surface area (Å²) in [5.74, 6) is 0. The molecule has 0 aliphatic carbocycles. The highest BCUT2D eigenvalue weighted by Crippen LogP contribution is 2.27. The van der Waals surface area contributed by atoms with Gasteiger partial charge in [0, 0.05) is 13.1 Å². The first-order valence-corrected chi connectivity index (χ1v) is 6.61. The molecular formula is C14H18N2O2. The maximum atomic E-state index is 12.2. The fraction of sp³-hybridized carbons (Fsp3) is 0.500. The van der Waals surface area contributed by atoms with Gasteiger partial charge in [-0.2, -0.15) is 0 Å². The van der Waals surface area contributed by atoms with Crippen LogP contribution in [0.2, 0.25) is 0 Å². The standard InChI is InChI=1S/C14H18N2O2/c17-14(18-12-7-8-15-10-12)16-9-3-5-11-4-1-2-6-13(11)16/h1-2,4,6,12,15H,3,5,7-10H2. The third-order valence-electron chi connectivity index (χ3n) is 3.61. The van der Waals surface area contributed by atoms with Crippen LogP contribution in [0.3, 0.4) is 0 Å². The molecule has 18 heavy (non-hydrogen) atoms. The van der Waals surface area contributed by atoms with Crippen LogP contribution in [0.15, 0.2) is 24.3 Å². The van der Waals surface area contributed by atoms with E-state index in [2.05, 4.69) is 11.4 Å². The molecule has 4 heteroatoms. The van der Waals surface area contributed by atoms with Crippen LogP contribution >= 0.6 is 0 Å². The molecular weight excluding hydrogens is 228 g/mol. The molecule has 1 saturated heterocycles. The van der Waals surface area contributed by atoms with Crippen LogP contribution in [0, 0.1) is 0 Å². The van der Waals surface area contributed by atoms with Crippen molar-refractivity contribution in [2.24, 2.45) is 0 Å². The third kappa shape index (κ3) is 2.20. The first kappa shape index (κ1) is 11.5. The van der Waals surface area contributed by atoms with E-state index in [1.807, 2.05) is 18.2 Å². The SMILES string of the molecule is O=C(OC1CCNC1)N1CCCc2ccccc21. The van der Waals surface area contributed by atoms with Crippen molar-refractivity contribution in [3.8, 4) is 0 Å². The highest BCUT2D eigenvalue weighted by molar-refractivity contribution is 5.89. The molecule has 1 fully saturated rings. The number of hydrogen-bond acceptors (Lipinski definition) is 3. The summed E-state index contributed by atoms with van der Waals surface area (Å²) in [5, 5.41) is 3.20. The van der Waals surface area contributed by atoms with E-state index in [0.717, 1.165) is 44.6 Å². The Bertz CT molecular complexity index is 441. The van der Waals surface area contributed by atoms with Crippen LogP contribution in [0.4, 0.5) is 10.5 Å². The van der Waals surface area contributed by atoms with E-state index >= 15 is 0 Å². The Kier molecular flexibility index (Phi) is 3.19. The Hall–Kier alpha value is -1.55. The van der Waals surface area contributed by atoms with Gasteiger partial charge >= 0.3 is 6.09 Å². The van der Waals surface area contributed by atoms with Gasteiger partial charge in [0.2, 0.25) is 0 Å². The van der Waals surface area contributed by atoms with Crippen LogP contribution in [0.25, 0.3) is 0 Å². The number of rotatable bonds is 1. The molecule has 2 aliphatic heterocycles. The van der Waals surface area contributed by atoms with Gasteiger partial charge in [0.15, 0.2) is 0 Å². The van der Waals surface area contributed by atoms with Crippen molar-refractivity contribution in [2.75, 3.05) is 24.5 Å². The predicted octanol–water partition coefficient (Wildman–Crippen LogP) is 1.94. The summed E-state index contributed by atoms with van der Waals surface area (Å²) in [5.41, 5.74) is 2.25. The molecule has 1 aromatic rings. The van der Waals surface area contributed by atoms with E-state index in [1.165, 1.54) is 5.56 Å². The fourth-order valence-corrected chi connectivity index (χ4v) is 2.66. The molecule has 3 rings (SSSR count). The minimum Gasteiger partial charge on any atom is -0.444 e. The number of aryl methyl sites for hydroxylation is 1. The predicted molar refractivity (Wildman–Crippen MR) is 69.9 cm³/mol. The number of benzene rings is 1. The number of para-hydroxylation sites is 1. The lowest BCUT2D eigenvalue weighted by Gasteiger charge is -2.29. The van der Waals surface area contributed by atoms with Crippen LogP contribution in [-0.4, -0.2) is 31.8 Å². The molecule has 2 heterocycles. The quantitative estimate of drug-likeness (QED) is 0.823. The van der Waals surface area contributed by atoms with Crippen molar-refractivity contribution in [1.29, 1.82) is 0 Å². The number of nitrogens with one attached hydrogen (secondary N) is 1.